The van der Waals surface area contributed by atoms with E-state index in [2.05, 4.69) is 13.8 Å². The number of hydrogen-bond acceptors (Lipinski definition) is 2. The summed E-state index contributed by atoms with van der Waals surface area (Å²) in [7, 11) is 0. The van der Waals surface area contributed by atoms with Gasteiger partial charge in [-0.1, -0.05) is 34.1 Å². The number of carbonyl (C=O) groups is 1. The lowest BCUT2D eigenvalue weighted by Gasteiger charge is -2.17. The fourth-order valence-electron chi connectivity index (χ4n) is 1.12. The molecule has 0 aromatic carbocycles. The summed E-state index contributed by atoms with van der Waals surface area (Å²) in [5.41, 5.74) is 0. The van der Waals surface area contributed by atoms with E-state index in [-0.39, 0.29) is 18.0 Å². The van der Waals surface area contributed by atoms with Crippen LogP contribution in [0, 0.1) is 11.8 Å². The van der Waals surface area contributed by atoms with Gasteiger partial charge < -0.3 is 4.74 Å². The molecule has 0 amide bonds. The molecule has 2 heteroatoms. The third-order valence-corrected chi connectivity index (χ3v) is 2.22. The Kier molecular flexibility index (Phi) is 5.76. The molecule has 0 aliphatic rings. The molecule has 78 valence electrons. The zero-order valence-corrected chi connectivity index (χ0v) is 9.46. The van der Waals surface area contributed by atoms with Gasteiger partial charge in [0, 0.05) is 0 Å². The van der Waals surface area contributed by atoms with E-state index in [9.17, 15) is 4.79 Å². The van der Waals surface area contributed by atoms with E-state index in [0.717, 1.165) is 12.8 Å². The van der Waals surface area contributed by atoms with Crippen LogP contribution in [0.3, 0.4) is 0 Å². The van der Waals surface area contributed by atoms with Crippen LogP contribution in [0.4, 0.5) is 0 Å². The normalized spacial score (nSPS) is 15.5. The Hall–Kier alpha value is -0.530. The highest BCUT2D eigenvalue weighted by Gasteiger charge is 2.14. The van der Waals surface area contributed by atoms with Crippen LogP contribution < -0.4 is 0 Å². The van der Waals surface area contributed by atoms with Crippen LogP contribution >= 0.6 is 0 Å². The van der Waals surface area contributed by atoms with E-state index in [1.165, 1.54) is 0 Å². The van der Waals surface area contributed by atoms with Gasteiger partial charge in [-0.15, -0.1) is 0 Å². The standard InChI is InChI=1S/C11H22O2/c1-6-9(4)7-10(5)13-11(12)8(2)3/h8-10H,6-7H2,1-5H3. The fraction of sp³-hybridized carbons (Fsp3) is 0.909. The second-order valence-electron chi connectivity index (χ2n) is 4.15. The van der Waals surface area contributed by atoms with Crippen molar-refractivity contribution in [1.29, 1.82) is 0 Å². The summed E-state index contributed by atoms with van der Waals surface area (Å²) in [6.07, 6.45) is 2.17. The molecule has 0 bridgehead atoms. The first-order valence-electron chi connectivity index (χ1n) is 5.17. The molecule has 0 N–H and O–H groups in total. The van der Waals surface area contributed by atoms with Gasteiger partial charge in [-0.3, -0.25) is 4.79 Å². The summed E-state index contributed by atoms with van der Waals surface area (Å²) in [4.78, 5) is 11.2. The molecular formula is C11H22O2. The highest BCUT2D eigenvalue weighted by atomic mass is 16.5. The first-order chi connectivity index (χ1) is 5.97. The number of esters is 1. The summed E-state index contributed by atoms with van der Waals surface area (Å²) in [6, 6.07) is 0. The first-order valence-corrected chi connectivity index (χ1v) is 5.17. The van der Waals surface area contributed by atoms with Crippen LogP contribution in [0.15, 0.2) is 0 Å². The van der Waals surface area contributed by atoms with Crippen molar-refractivity contribution in [1.82, 2.24) is 0 Å². The third-order valence-electron chi connectivity index (χ3n) is 2.22. The van der Waals surface area contributed by atoms with Gasteiger partial charge in [-0.2, -0.15) is 0 Å². The summed E-state index contributed by atoms with van der Waals surface area (Å²) < 4.78 is 5.25. The van der Waals surface area contributed by atoms with Crippen LogP contribution in [0.2, 0.25) is 0 Å². The van der Waals surface area contributed by atoms with Gasteiger partial charge in [0.15, 0.2) is 0 Å². The molecule has 2 unspecified atom stereocenters. The molecule has 0 heterocycles. The van der Waals surface area contributed by atoms with E-state index < -0.39 is 0 Å². The second kappa shape index (κ2) is 6.01. The van der Waals surface area contributed by atoms with Crippen molar-refractivity contribution in [3.05, 3.63) is 0 Å². The average Bonchev–Trinajstić information content (AvgIpc) is 2.03. The Morgan fingerprint density at radius 1 is 1.23 bits per heavy atom. The zero-order chi connectivity index (χ0) is 10.4. The van der Waals surface area contributed by atoms with Crippen molar-refractivity contribution < 1.29 is 9.53 Å². The number of ether oxygens (including phenoxy) is 1. The van der Waals surface area contributed by atoms with Crippen molar-refractivity contribution in [2.75, 3.05) is 0 Å². The molecule has 2 nitrogen and oxygen atoms in total. The van der Waals surface area contributed by atoms with E-state index in [1.54, 1.807) is 0 Å². The SMILES string of the molecule is CCC(C)CC(C)OC(=O)C(C)C. The Labute approximate surface area is 81.7 Å². The molecule has 0 rings (SSSR count). The van der Waals surface area contributed by atoms with Crippen LogP contribution in [0.5, 0.6) is 0 Å². The quantitative estimate of drug-likeness (QED) is 0.617. The van der Waals surface area contributed by atoms with E-state index in [1.807, 2.05) is 20.8 Å². The van der Waals surface area contributed by atoms with Gasteiger partial charge in [0.05, 0.1) is 12.0 Å². The lowest BCUT2D eigenvalue weighted by Crippen LogP contribution is -2.20. The van der Waals surface area contributed by atoms with Crippen LogP contribution in [-0.4, -0.2) is 12.1 Å². The lowest BCUT2D eigenvalue weighted by molar-refractivity contribution is -0.152. The van der Waals surface area contributed by atoms with Crippen LogP contribution in [0.1, 0.15) is 47.5 Å². The van der Waals surface area contributed by atoms with Crippen molar-refractivity contribution in [3.63, 3.8) is 0 Å². The maximum absolute atomic E-state index is 11.2. The van der Waals surface area contributed by atoms with Gasteiger partial charge in [0.1, 0.15) is 0 Å². The van der Waals surface area contributed by atoms with Crippen molar-refractivity contribution in [2.45, 2.75) is 53.6 Å². The molecule has 0 saturated carbocycles. The van der Waals surface area contributed by atoms with Crippen molar-refractivity contribution in [2.24, 2.45) is 11.8 Å². The monoisotopic (exact) mass is 186 g/mol. The van der Waals surface area contributed by atoms with Gasteiger partial charge in [0.25, 0.3) is 0 Å². The molecule has 0 saturated heterocycles. The molecule has 0 fully saturated rings. The Morgan fingerprint density at radius 2 is 1.77 bits per heavy atom. The molecular weight excluding hydrogens is 164 g/mol. The number of hydrogen-bond donors (Lipinski definition) is 0. The van der Waals surface area contributed by atoms with Crippen molar-refractivity contribution >= 4 is 5.97 Å². The minimum atomic E-state index is -0.0872. The smallest absolute Gasteiger partial charge is 0.308 e. The summed E-state index contributed by atoms with van der Waals surface area (Å²) in [6.45, 7) is 10.0. The Balaban J connectivity index is 3.74. The molecule has 0 radical (unpaired) electrons. The number of rotatable bonds is 5. The molecule has 13 heavy (non-hydrogen) atoms. The second-order valence-corrected chi connectivity index (χ2v) is 4.15. The fourth-order valence-corrected chi connectivity index (χ4v) is 1.12. The maximum atomic E-state index is 11.2. The van der Waals surface area contributed by atoms with E-state index >= 15 is 0 Å². The Morgan fingerprint density at radius 3 is 2.15 bits per heavy atom. The number of carbonyl (C=O) groups excluding carboxylic acids is 1. The highest BCUT2D eigenvalue weighted by Crippen LogP contribution is 2.13. The lowest BCUT2D eigenvalue weighted by atomic mass is 10.0. The molecule has 2 atom stereocenters. The minimum absolute atomic E-state index is 0.0145. The largest absolute Gasteiger partial charge is 0.462 e. The van der Waals surface area contributed by atoms with Gasteiger partial charge >= 0.3 is 5.97 Å². The maximum Gasteiger partial charge on any atom is 0.308 e. The van der Waals surface area contributed by atoms with Crippen LogP contribution in [0.25, 0.3) is 0 Å². The molecule has 0 aromatic heterocycles. The molecule has 0 aliphatic carbocycles. The molecule has 0 spiro atoms. The first kappa shape index (κ1) is 12.5. The third kappa shape index (κ3) is 5.67. The van der Waals surface area contributed by atoms with Gasteiger partial charge in [0.2, 0.25) is 0 Å². The van der Waals surface area contributed by atoms with Gasteiger partial charge in [-0.05, 0) is 19.3 Å². The van der Waals surface area contributed by atoms with Crippen LogP contribution in [-0.2, 0) is 9.53 Å². The summed E-state index contributed by atoms with van der Waals surface area (Å²) in [5.74, 6) is 0.533. The van der Waals surface area contributed by atoms with Gasteiger partial charge in [-0.25, -0.2) is 0 Å². The minimum Gasteiger partial charge on any atom is -0.462 e. The molecule has 0 aromatic rings. The summed E-state index contributed by atoms with van der Waals surface area (Å²) >= 11 is 0. The zero-order valence-electron chi connectivity index (χ0n) is 9.46. The molecule has 0 aliphatic heterocycles. The Bertz CT molecular complexity index is 152. The predicted octanol–water partition coefficient (Wildman–Crippen LogP) is 3.01. The average molecular weight is 186 g/mol. The van der Waals surface area contributed by atoms with E-state index in [4.69, 9.17) is 4.74 Å². The van der Waals surface area contributed by atoms with E-state index in [0.29, 0.717) is 5.92 Å². The summed E-state index contributed by atoms with van der Waals surface area (Å²) in [5, 5.41) is 0. The predicted molar refractivity (Wildman–Crippen MR) is 54.5 cm³/mol. The van der Waals surface area contributed by atoms with Crippen molar-refractivity contribution in [3.8, 4) is 0 Å². The topological polar surface area (TPSA) is 26.3 Å². The highest BCUT2D eigenvalue weighted by molar-refractivity contribution is 5.71.